The van der Waals surface area contributed by atoms with Gasteiger partial charge in [-0.3, -0.25) is 9.59 Å². The van der Waals surface area contributed by atoms with Gasteiger partial charge in [0.05, 0.1) is 6.54 Å². The molecule has 0 spiro atoms. The summed E-state index contributed by atoms with van der Waals surface area (Å²) < 4.78 is 1.09. The first kappa shape index (κ1) is 19.4. The number of hydrogen-bond acceptors (Lipinski definition) is 11. The summed E-state index contributed by atoms with van der Waals surface area (Å²) in [6.45, 7) is -0.364. The molecule has 2 fully saturated rings. The van der Waals surface area contributed by atoms with Crippen molar-refractivity contribution in [2.24, 2.45) is 16.3 Å². The maximum absolute atomic E-state index is 11.9. The maximum Gasteiger partial charge on any atom is 0.355 e. The topological polar surface area (TPSA) is 197 Å². The van der Waals surface area contributed by atoms with Gasteiger partial charge in [-0.2, -0.15) is 0 Å². The van der Waals surface area contributed by atoms with Crippen LogP contribution in [-0.2, 0) is 20.9 Å². The molecule has 0 aliphatic carbocycles. The third-order valence-electron chi connectivity index (χ3n) is 4.28. The number of carbonyl (C=O) groups excluding carboxylic acids is 1. The number of hydrogen-bond donors (Lipinski definition) is 4. The van der Waals surface area contributed by atoms with E-state index in [9.17, 15) is 19.5 Å². The molecule has 27 heavy (non-hydrogen) atoms. The lowest BCUT2D eigenvalue weighted by Gasteiger charge is -2.52. The number of aromatic nitrogens is 4. The molecule has 2 aliphatic heterocycles. The molecule has 0 radical (unpaired) electrons. The molecule has 146 valence electrons. The molecule has 2 unspecified atom stereocenters. The summed E-state index contributed by atoms with van der Waals surface area (Å²) in [5.74, 6) is -2.46. The van der Waals surface area contributed by atoms with E-state index in [1.54, 1.807) is 0 Å². The highest BCUT2D eigenvalue weighted by Gasteiger charge is 2.55. The minimum absolute atomic E-state index is 0.0274. The van der Waals surface area contributed by atoms with Gasteiger partial charge in [0.1, 0.15) is 16.8 Å². The molecule has 2 aliphatic rings. The molecule has 3 heterocycles. The number of β-lactam (4-membered cyclic amide) rings is 1. The molecule has 2 saturated heterocycles. The van der Waals surface area contributed by atoms with Gasteiger partial charge >= 0.3 is 11.9 Å². The van der Waals surface area contributed by atoms with E-state index >= 15 is 0 Å². The minimum Gasteiger partial charge on any atom is -0.481 e. The molecule has 15 heteroatoms. The first-order chi connectivity index (χ1) is 12.8. The second-order valence-electron chi connectivity index (χ2n) is 6.04. The Bertz CT molecular complexity index is 816. The van der Waals surface area contributed by atoms with Crippen molar-refractivity contribution >= 4 is 47.1 Å². The standard InChI is InChI=1S/C12H15N7O6S2/c13-6-7(20)18-2-12(10(23)24,3-26-8(6)18)4-27-11-14-16-17-19(11)1-5(15-25)9(21)22/h6,8,25H,1-4,13H2,(H,21,22)(H,23,24)/t6?,8-,12?/m1/s1. The number of aliphatic carboxylic acids is 2. The molecule has 3 rings (SSSR count). The zero-order valence-corrected chi connectivity index (χ0v) is 15.3. The van der Waals surface area contributed by atoms with Crippen LogP contribution in [0.15, 0.2) is 10.3 Å². The lowest BCUT2D eigenvalue weighted by atomic mass is 9.89. The lowest BCUT2D eigenvalue weighted by molar-refractivity contribution is -0.155. The van der Waals surface area contributed by atoms with Crippen molar-refractivity contribution < 1.29 is 29.8 Å². The summed E-state index contributed by atoms with van der Waals surface area (Å²) in [7, 11) is 0. The number of rotatable bonds is 7. The predicted molar refractivity (Wildman–Crippen MR) is 91.4 cm³/mol. The van der Waals surface area contributed by atoms with Crippen LogP contribution < -0.4 is 5.73 Å². The number of tetrazole rings is 1. The van der Waals surface area contributed by atoms with Crippen molar-refractivity contribution in [1.82, 2.24) is 25.1 Å². The fourth-order valence-electron chi connectivity index (χ4n) is 2.69. The van der Waals surface area contributed by atoms with Gasteiger partial charge in [0, 0.05) is 18.1 Å². The molecule has 0 bridgehead atoms. The van der Waals surface area contributed by atoms with E-state index in [-0.39, 0.29) is 34.5 Å². The summed E-state index contributed by atoms with van der Waals surface area (Å²) >= 11 is 2.33. The fraction of sp³-hybridized carbons (Fsp3) is 0.583. The first-order valence-corrected chi connectivity index (χ1v) is 9.57. The molecule has 1 aromatic rings. The SMILES string of the molecule is NC1C(=O)N2CC(CSc3nnnn3CC(=NO)C(=O)O)(C(=O)O)CS[C@H]12. The van der Waals surface area contributed by atoms with Crippen molar-refractivity contribution in [3.05, 3.63) is 0 Å². The van der Waals surface area contributed by atoms with Crippen LogP contribution in [0.4, 0.5) is 0 Å². The molecule has 13 nitrogen and oxygen atoms in total. The largest absolute Gasteiger partial charge is 0.481 e. The Morgan fingerprint density at radius 3 is 2.81 bits per heavy atom. The van der Waals surface area contributed by atoms with E-state index in [1.165, 1.54) is 16.7 Å². The van der Waals surface area contributed by atoms with Gasteiger partial charge in [-0.1, -0.05) is 16.9 Å². The van der Waals surface area contributed by atoms with Gasteiger partial charge in [-0.25, -0.2) is 9.48 Å². The molecule has 5 N–H and O–H groups in total. The molecule has 0 saturated carbocycles. The predicted octanol–water partition coefficient (Wildman–Crippen LogP) is -2.01. The maximum atomic E-state index is 11.9. The van der Waals surface area contributed by atoms with Crippen LogP contribution in [0.25, 0.3) is 0 Å². The highest BCUT2D eigenvalue weighted by Crippen LogP contribution is 2.43. The van der Waals surface area contributed by atoms with E-state index < -0.39 is 35.7 Å². The molecular weight excluding hydrogens is 402 g/mol. The minimum atomic E-state index is -1.44. The molecule has 1 amide bonds. The molecule has 1 aromatic heterocycles. The van der Waals surface area contributed by atoms with Gasteiger partial charge in [0.2, 0.25) is 11.1 Å². The third kappa shape index (κ3) is 3.44. The average Bonchev–Trinajstić information content (AvgIpc) is 3.10. The highest BCUT2D eigenvalue weighted by molar-refractivity contribution is 8.00. The van der Waals surface area contributed by atoms with E-state index in [0.717, 1.165) is 16.4 Å². The van der Waals surface area contributed by atoms with Crippen LogP contribution >= 0.6 is 23.5 Å². The van der Waals surface area contributed by atoms with Crippen molar-refractivity contribution in [1.29, 1.82) is 0 Å². The van der Waals surface area contributed by atoms with Crippen molar-refractivity contribution in [3.8, 4) is 0 Å². The molecular formula is C12H15N7O6S2. The zero-order chi connectivity index (χ0) is 19.8. The van der Waals surface area contributed by atoms with Crippen molar-refractivity contribution in [2.45, 2.75) is 23.1 Å². The number of oxime groups is 1. The van der Waals surface area contributed by atoms with Gasteiger partial charge in [-0.15, -0.1) is 16.9 Å². The van der Waals surface area contributed by atoms with Gasteiger partial charge < -0.3 is 26.1 Å². The van der Waals surface area contributed by atoms with Gasteiger partial charge in [0.15, 0.2) is 5.71 Å². The summed E-state index contributed by atoms with van der Waals surface area (Å²) in [6, 6.07) is -0.603. The van der Waals surface area contributed by atoms with E-state index in [1.807, 2.05) is 0 Å². The van der Waals surface area contributed by atoms with Crippen LogP contribution in [-0.4, -0.2) is 93.6 Å². The smallest absolute Gasteiger partial charge is 0.355 e. The Morgan fingerprint density at radius 1 is 1.44 bits per heavy atom. The van der Waals surface area contributed by atoms with Crippen LogP contribution in [0, 0.1) is 5.41 Å². The molecule has 0 aromatic carbocycles. The van der Waals surface area contributed by atoms with Crippen molar-refractivity contribution in [2.75, 3.05) is 18.1 Å². The lowest BCUT2D eigenvalue weighted by Crippen LogP contribution is -2.72. The first-order valence-electron chi connectivity index (χ1n) is 7.53. The zero-order valence-electron chi connectivity index (χ0n) is 13.6. The van der Waals surface area contributed by atoms with Crippen molar-refractivity contribution in [3.63, 3.8) is 0 Å². The monoisotopic (exact) mass is 417 g/mol. The van der Waals surface area contributed by atoms with Gasteiger partial charge in [-0.05, 0) is 10.4 Å². The summed E-state index contributed by atoms with van der Waals surface area (Å²) in [5.41, 5.74) is 3.92. The second kappa shape index (κ2) is 7.32. The van der Waals surface area contributed by atoms with Gasteiger partial charge in [0.25, 0.3) is 0 Å². The van der Waals surface area contributed by atoms with E-state index in [0.29, 0.717) is 0 Å². The average molecular weight is 417 g/mol. The Kier molecular flexibility index (Phi) is 5.25. The number of amides is 1. The quantitative estimate of drug-likeness (QED) is 0.125. The van der Waals surface area contributed by atoms with E-state index in [4.69, 9.17) is 16.0 Å². The molecule has 3 atom stereocenters. The summed E-state index contributed by atoms with van der Waals surface area (Å²) in [4.78, 5) is 36.2. The Morgan fingerprint density at radius 2 is 2.19 bits per heavy atom. The number of nitrogens with zero attached hydrogens (tertiary/aromatic N) is 6. The Labute approximate surface area is 159 Å². The van der Waals surface area contributed by atoms with E-state index in [2.05, 4.69) is 20.7 Å². The Hall–Kier alpha value is -2.39. The normalized spacial score (nSPS) is 27.8. The van der Waals surface area contributed by atoms with Crippen LogP contribution in [0.2, 0.25) is 0 Å². The number of carboxylic acids is 2. The number of nitrogens with two attached hydrogens (primary N) is 1. The highest BCUT2D eigenvalue weighted by atomic mass is 32.2. The number of carbonyl (C=O) groups is 3. The number of fused-ring (bicyclic) bond motifs is 1. The summed E-state index contributed by atoms with van der Waals surface area (Å²) in [5, 5.41) is 40.8. The fourth-order valence-corrected chi connectivity index (χ4v) is 5.38. The van der Waals surface area contributed by atoms with Crippen LogP contribution in [0.5, 0.6) is 0 Å². The summed E-state index contributed by atoms with van der Waals surface area (Å²) in [6.07, 6.45) is 0. The number of thioether (sulfide) groups is 2. The third-order valence-corrected chi connectivity index (χ3v) is 7.14. The van der Waals surface area contributed by atoms with Crippen LogP contribution in [0.3, 0.4) is 0 Å². The second-order valence-corrected chi connectivity index (χ2v) is 8.09. The Balaban J connectivity index is 1.72. The number of carboxylic acid groups (broad SMARTS) is 2. The van der Waals surface area contributed by atoms with Crippen LogP contribution in [0.1, 0.15) is 0 Å².